The Kier molecular flexibility index (Phi) is 4.11. The number of hydrogen-bond donors (Lipinski definition) is 1. The Hall–Kier alpha value is -2.76. The molecule has 2 aromatic rings. The monoisotopic (exact) mass is 359 g/mol. The Morgan fingerprint density at radius 1 is 1.07 bits per heavy atom. The molecule has 0 aliphatic carbocycles. The molecule has 136 valence electrons. The van der Waals surface area contributed by atoms with Gasteiger partial charge < -0.3 is 10.1 Å². The molecule has 1 fully saturated rings. The lowest BCUT2D eigenvalue weighted by molar-refractivity contribution is 0.101. The van der Waals surface area contributed by atoms with Crippen molar-refractivity contribution in [1.82, 2.24) is 10.2 Å². The average Bonchev–Trinajstić information content (AvgIpc) is 3.26. The molecule has 5 rings (SSSR count). The summed E-state index contributed by atoms with van der Waals surface area (Å²) < 4.78 is 6.06. The largest absolute Gasteiger partial charge is 0.452 e. The number of nitrogens with zero attached hydrogens (tertiary/aromatic N) is 2. The van der Waals surface area contributed by atoms with E-state index in [0.29, 0.717) is 23.6 Å². The minimum Gasteiger partial charge on any atom is -0.452 e. The second kappa shape index (κ2) is 6.76. The first-order valence-corrected chi connectivity index (χ1v) is 9.41. The van der Waals surface area contributed by atoms with Crippen LogP contribution in [0.1, 0.15) is 27.0 Å². The number of carbonyl (C=O) groups is 1. The summed E-state index contributed by atoms with van der Waals surface area (Å²) >= 11 is 0. The molecule has 2 aromatic carbocycles. The zero-order chi connectivity index (χ0) is 18.2. The molecule has 0 aromatic heterocycles. The fourth-order valence-electron chi connectivity index (χ4n) is 3.91. The zero-order valence-electron chi connectivity index (χ0n) is 15.1. The number of hydrogen-bond acceptors (Lipinski definition) is 5. The molecule has 0 saturated carbocycles. The second-order valence-corrected chi connectivity index (χ2v) is 7.12. The molecule has 0 bridgehead atoms. The van der Waals surface area contributed by atoms with E-state index in [0.717, 1.165) is 49.6 Å². The number of carbonyl (C=O) groups excluding carboxylic acids is 1. The molecule has 0 atom stereocenters. The summed E-state index contributed by atoms with van der Waals surface area (Å²) in [6.45, 7) is 5.47. The number of aliphatic imine (C=N–C) groups is 1. The predicted molar refractivity (Wildman–Crippen MR) is 104 cm³/mol. The number of Topliss-reactive ketones (excluding diaryl/α,β-unsaturated/α-hetero) is 1. The maximum absolute atomic E-state index is 12.9. The van der Waals surface area contributed by atoms with Crippen molar-refractivity contribution in [1.29, 1.82) is 0 Å². The summed E-state index contributed by atoms with van der Waals surface area (Å²) in [5, 5.41) is 3.37. The lowest BCUT2D eigenvalue weighted by Gasteiger charge is -2.27. The third-order valence-electron chi connectivity index (χ3n) is 5.36. The number of ether oxygens (including phenoxy) is 1. The predicted octanol–water partition coefficient (Wildman–Crippen LogP) is 2.55. The molecule has 5 nitrogen and oxygen atoms in total. The first kappa shape index (κ1) is 16.4. The van der Waals surface area contributed by atoms with Crippen LogP contribution in [-0.2, 0) is 13.1 Å². The lowest BCUT2D eigenvalue weighted by Crippen LogP contribution is -2.42. The molecular formula is C22H21N3O2. The van der Waals surface area contributed by atoms with E-state index in [1.807, 2.05) is 30.3 Å². The molecule has 27 heavy (non-hydrogen) atoms. The van der Waals surface area contributed by atoms with Gasteiger partial charge in [-0.25, -0.2) is 0 Å². The van der Waals surface area contributed by atoms with Crippen molar-refractivity contribution in [2.75, 3.05) is 26.2 Å². The van der Waals surface area contributed by atoms with Crippen LogP contribution in [-0.4, -0.2) is 42.6 Å². The van der Waals surface area contributed by atoms with Crippen LogP contribution in [0.3, 0.4) is 0 Å². The van der Waals surface area contributed by atoms with Crippen LogP contribution in [0.15, 0.2) is 59.3 Å². The van der Waals surface area contributed by atoms with Crippen molar-refractivity contribution in [2.45, 2.75) is 13.1 Å². The molecule has 0 spiro atoms. The van der Waals surface area contributed by atoms with Crippen LogP contribution in [0.4, 0.5) is 0 Å². The number of piperazine rings is 1. The average molecular weight is 359 g/mol. The number of fused-ring (bicyclic) bond motifs is 2. The van der Waals surface area contributed by atoms with Gasteiger partial charge in [0.05, 0.1) is 17.8 Å². The van der Waals surface area contributed by atoms with Gasteiger partial charge in [0.1, 0.15) is 5.75 Å². The van der Waals surface area contributed by atoms with Crippen molar-refractivity contribution >= 4 is 11.5 Å². The first-order valence-electron chi connectivity index (χ1n) is 9.41. The molecule has 3 aliphatic rings. The smallest absolute Gasteiger partial charge is 0.232 e. The zero-order valence-corrected chi connectivity index (χ0v) is 15.1. The lowest BCUT2D eigenvalue weighted by atomic mass is 10.0. The molecular weight excluding hydrogens is 338 g/mol. The fraction of sp³-hybridized carbons (Fsp3) is 0.273. The molecule has 1 N–H and O–H groups in total. The Bertz CT molecular complexity index is 971. The van der Waals surface area contributed by atoms with Crippen LogP contribution >= 0.6 is 0 Å². The van der Waals surface area contributed by atoms with E-state index in [2.05, 4.69) is 27.3 Å². The van der Waals surface area contributed by atoms with Gasteiger partial charge >= 0.3 is 0 Å². The van der Waals surface area contributed by atoms with Gasteiger partial charge in [0.2, 0.25) is 5.78 Å². The van der Waals surface area contributed by atoms with Crippen LogP contribution in [0, 0.1) is 0 Å². The quantitative estimate of drug-likeness (QED) is 0.856. The van der Waals surface area contributed by atoms with E-state index in [1.165, 1.54) is 5.56 Å². The molecule has 0 radical (unpaired) electrons. The van der Waals surface area contributed by atoms with Crippen LogP contribution in [0.5, 0.6) is 5.75 Å². The van der Waals surface area contributed by atoms with Crippen molar-refractivity contribution < 1.29 is 9.53 Å². The van der Waals surface area contributed by atoms with Crippen LogP contribution < -0.4 is 10.1 Å². The van der Waals surface area contributed by atoms with E-state index >= 15 is 0 Å². The minimum absolute atomic E-state index is 0.0563. The number of para-hydroxylation sites is 1. The fourth-order valence-corrected chi connectivity index (χ4v) is 3.91. The Morgan fingerprint density at radius 3 is 2.78 bits per heavy atom. The molecule has 0 unspecified atom stereocenters. The van der Waals surface area contributed by atoms with Gasteiger partial charge in [-0.1, -0.05) is 36.4 Å². The van der Waals surface area contributed by atoms with Gasteiger partial charge in [-0.15, -0.1) is 0 Å². The van der Waals surface area contributed by atoms with Crippen molar-refractivity contribution in [3.63, 3.8) is 0 Å². The third kappa shape index (κ3) is 2.99. The summed E-state index contributed by atoms with van der Waals surface area (Å²) in [7, 11) is 0. The van der Waals surface area contributed by atoms with Gasteiger partial charge in [0, 0.05) is 49.9 Å². The SMILES string of the molecule is O=C1/C(=C/C2=NCc3ccccc32)Oc2c(CN3CCNCC3)cccc21. The second-order valence-electron chi connectivity index (χ2n) is 7.12. The van der Waals surface area contributed by atoms with Gasteiger partial charge in [-0.3, -0.25) is 14.7 Å². The topological polar surface area (TPSA) is 53.9 Å². The summed E-state index contributed by atoms with van der Waals surface area (Å²) in [4.78, 5) is 19.8. The van der Waals surface area contributed by atoms with E-state index < -0.39 is 0 Å². The standard InChI is InChI=1S/C22H21N3O2/c26-21-18-7-3-5-16(14-25-10-8-23-9-11-25)22(18)27-20(21)12-19-17-6-2-1-4-15(17)13-24-19/h1-7,12,23H,8-11,13-14H2/b20-12-. The molecule has 0 amide bonds. The normalized spacial score (nSPS) is 20.4. The third-order valence-corrected chi connectivity index (χ3v) is 5.36. The van der Waals surface area contributed by atoms with Gasteiger partial charge in [-0.05, 0) is 11.6 Å². The summed E-state index contributed by atoms with van der Waals surface area (Å²) in [6, 6.07) is 14.0. The molecule has 5 heteroatoms. The number of ketones is 1. The Balaban J connectivity index is 1.43. The van der Waals surface area contributed by atoms with Gasteiger partial charge in [-0.2, -0.15) is 0 Å². The molecule has 1 saturated heterocycles. The van der Waals surface area contributed by atoms with Crippen LogP contribution in [0.2, 0.25) is 0 Å². The van der Waals surface area contributed by atoms with Crippen molar-refractivity contribution in [2.24, 2.45) is 4.99 Å². The highest BCUT2D eigenvalue weighted by atomic mass is 16.5. The Morgan fingerprint density at radius 2 is 1.89 bits per heavy atom. The summed E-state index contributed by atoms with van der Waals surface area (Å²) in [6.07, 6.45) is 1.79. The number of nitrogens with one attached hydrogen (secondary N) is 1. The minimum atomic E-state index is -0.0563. The maximum atomic E-state index is 12.9. The molecule has 3 aliphatic heterocycles. The summed E-state index contributed by atoms with van der Waals surface area (Å²) in [5.41, 5.74) is 4.82. The highest BCUT2D eigenvalue weighted by molar-refractivity contribution is 6.19. The highest BCUT2D eigenvalue weighted by Crippen LogP contribution is 2.35. The maximum Gasteiger partial charge on any atom is 0.232 e. The van der Waals surface area contributed by atoms with E-state index in [4.69, 9.17) is 4.74 Å². The number of benzene rings is 2. The first-order chi connectivity index (χ1) is 13.3. The van der Waals surface area contributed by atoms with Gasteiger partial charge in [0.25, 0.3) is 0 Å². The van der Waals surface area contributed by atoms with E-state index in [-0.39, 0.29) is 5.78 Å². The van der Waals surface area contributed by atoms with Crippen molar-refractivity contribution in [3.8, 4) is 5.75 Å². The Labute approximate surface area is 158 Å². The highest BCUT2D eigenvalue weighted by Gasteiger charge is 2.31. The van der Waals surface area contributed by atoms with E-state index in [1.54, 1.807) is 6.08 Å². The summed E-state index contributed by atoms with van der Waals surface area (Å²) in [5.74, 6) is 1.02. The number of allylic oxidation sites excluding steroid dienone is 2. The van der Waals surface area contributed by atoms with Crippen molar-refractivity contribution in [3.05, 3.63) is 76.6 Å². The van der Waals surface area contributed by atoms with Gasteiger partial charge in [0.15, 0.2) is 5.76 Å². The molecule has 3 heterocycles. The van der Waals surface area contributed by atoms with E-state index in [9.17, 15) is 4.79 Å². The van der Waals surface area contributed by atoms with Crippen LogP contribution in [0.25, 0.3) is 0 Å². The number of rotatable bonds is 3.